The first-order chi connectivity index (χ1) is 9.77. The second kappa shape index (κ2) is 7.15. The van der Waals surface area contributed by atoms with Crippen molar-refractivity contribution in [2.75, 3.05) is 0 Å². The van der Waals surface area contributed by atoms with Gasteiger partial charge in [-0.2, -0.15) is 13.2 Å². The van der Waals surface area contributed by atoms with E-state index in [4.69, 9.17) is 9.84 Å². The number of hydrogen-bond acceptors (Lipinski definition) is 2. The van der Waals surface area contributed by atoms with Crippen LogP contribution in [0.25, 0.3) is 6.08 Å². The fourth-order valence-corrected chi connectivity index (χ4v) is 1.78. The van der Waals surface area contributed by atoms with E-state index in [1.54, 1.807) is 0 Å². The zero-order chi connectivity index (χ0) is 16.0. The predicted octanol–water partition coefficient (Wildman–Crippen LogP) is 4.37. The van der Waals surface area contributed by atoms with E-state index in [2.05, 4.69) is 0 Å². The first kappa shape index (κ1) is 17.1. The number of carboxylic acids is 1. The normalized spacial score (nSPS) is 12.1. The van der Waals surface area contributed by atoms with Gasteiger partial charge in [-0.1, -0.05) is 19.9 Å². The van der Waals surface area contributed by atoms with Crippen LogP contribution in [0.15, 0.2) is 24.3 Å². The molecule has 0 spiro atoms. The van der Waals surface area contributed by atoms with Crippen LogP contribution in [0.2, 0.25) is 0 Å². The Labute approximate surface area is 121 Å². The standard InChI is InChI=1S/C15H17F3O3/c1-3-11(4-2)21-13-7-5-10(6-8-14(19)20)9-12(13)15(16,17)18/h5-9,11H,3-4H2,1-2H3,(H,19,20)/b8-6+. The molecule has 0 unspecified atom stereocenters. The van der Waals surface area contributed by atoms with Crippen molar-refractivity contribution in [1.82, 2.24) is 0 Å². The minimum atomic E-state index is -4.56. The summed E-state index contributed by atoms with van der Waals surface area (Å²) < 4.78 is 44.6. The number of carbonyl (C=O) groups is 1. The quantitative estimate of drug-likeness (QED) is 0.794. The van der Waals surface area contributed by atoms with Crippen molar-refractivity contribution in [3.8, 4) is 5.75 Å². The number of rotatable bonds is 6. The predicted molar refractivity (Wildman–Crippen MR) is 73.1 cm³/mol. The van der Waals surface area contributed by atoms with Gasteiger partial charge in [0.2, 0.25) is 0 Å². The smallest absolute Gasteiger partial charge is 0.419 e. The summed E-state index contributed by atoms with van der Waals surface area (Å²) in [6.45, 7) is 3.68. The molecule has 0 aliphatic rings. The van der Waals surface area contributed by atoms with E-state index in [-0.39, 0.29) is 17.4 Å². The molecule has 6 heteroatoms. The minimum absolute atomic E-state index is 0.154. The van der Waals surface area contributed by atoms with E-state index in [0.29, 0.717) is 12.8 Å². The Hall–Kier alpha value is -1.98. The Kier molecular flexibility index (Phi) is 5.81. The second-order valence-corrected chi connectivity index (χ2v) is 4.48. The highest BCUT2D eigenvalue weighted by molar-refractivity contribution is 5.85. The SMILES string of the molecule is CCC(CC)Oc1ccc(/C=C/C(=O)O)cc1C(F)(F)F. The third-order valence-electron chi connectivity index (χ3n) is 2.93. The van der Waals surface area contributed by atoms with E-state index < -0.39 is 17.7 Å². The van der Waals surface area contributed by atoms with E-state index in [1.807, 2.05) is 13.8 Å². The van der Waals surface area contributed by atoms with Crippen LogP contribution in [0.3, 0.4) is 0 Å². The maximum absolute atomic E-state index is 13.1. The number of halogens is 3. The van der Waals surface area contributed by atoms with Crippen LogP contribution in [-0.2, 0) is 11.0 Å². The molecule has 0 bridgehead atoms. The fourth-order valence-electron chi connectivity index (χ4n) is 1.78. The highest BCUT2D eigenvalue weighted by atomic mass is 19.4. The molecule has 3 nitrogen and oxygen atoms in total. The van der Waals surface area contributed by atoms with Gasteiger partial charge >= 0.3 is 12.1 Å². The monoisotopic (exact) mass is 302 g/mol. The number of ether oxygens (including phenoxy) is 1. The molecule has 1 rings (SSSR count). The van der Waals surface area contributed by atoms with Crippen molar-refractivity contribution in [3.05, 3.63) is 35.4 Å². The van der Waals surface area contributed by atoms with Crippen LogP contribution in [-0.4, -0.2) is 17.2 Å². The summed E-state index contributed by atoms with van der Waals surface area (Å²) in [6.07, 6.45) is -1.74. The molecule has 0 amide bonds. The largest absolute Gasteiger partial charge is 0.490 e. The van der Waals surface area contributed by atoms with Crippen molar-refractivity contribution in [2.45, 2.75) is 39.0 Å². The molecule has 0 atom stereocenters. The van der Waals surface area contributed by atoms with E-state index in [9.17, 15) is 18.0 Å². The summed E-state index contributed by atoms with van der Waals surface area (Å²) in [5, 5.41) is 8.51. The molecule has 0 saturated carbocycles. The molecule has 1 aromatic rings. The fraction of sp³-hybridized carbons (Fsp3) is 0.400. The van der Waals surface area contributed by atoms with Crippen molar-refractivity contribution in [2.24, 2.45) is 0 Å². The number of benzene rings is 1. The molecule has 0 heterocycles. The molecular weight excluding hydrogens is 285 g/mol. The van der Waals surface area contributed by atoms with E-state index in [1.165, 1.54) is 12.1 Å². The highest BCUT2D eigenvalue weighted by Gasteiger charge is 2.35. The summed E-state index contributed by atoms with van der Waals surface area (Å²) in [5.41, 5.74) is -0.747. The summed E-state index contributed by atoms with van der Waals surface area (Å²) in [4.78, 5) is 10.4. The molecule has 0 aliphatic heterocycles. The molecule has 116 valence electrons. The Morgan fingerprint density at radius 3 is 2.43 bits per heavy atom. The number of aliphatic carboxylic acids is 1. The third kappa shape index (κ3) is 5.13. The Balaban J connectivity index is 3.17. The van der Waals surface area contributed by atoms with Crippen molar-refractivity contribution in [3.63, 3.8) is 0 Å². The zero-order valence-electron chi connectivity index (χ0n) is 11.8. The first-order valence-corrected chi connectivity index (χ1v) is 6.56. The van der Waals surface area contributed by atoms with E-state index >= 15 is 0 Å². The Morgan fingerprint density at radius 2 is 1.95 bits per heavy atom. The summed E-state index contributed by atoms with van der Waals surface area (Å²) in [6, 6.07) is 3.51. The molecule has 0 radical (unpaired) electrons. The molecule has 1 N–H and O–H groups in total. The lowest BCUT2D eigenvalue weighted by Gasteiger charge is -2.20. The molecule has 21 heavy (non-hydrogen) atoms. The lowest BCUT2D eigenvalue weighted by molar-refractivity contribution is -0.139. The number of alkyl halides is 3. The van der Waals surface area contributed by atoms with Gasteiger partial charge in [-0.25, -0.2) is 4.79 Å². The zero-order valence-corrected chi connectivity index (χ0v) is 11.8. The lowest BCUT2D eigenvalue weighted by Crippen LogP contribution is -2.17. The van der Waals surface area contributed by atoms with E-state index in [0.717, 1.165) is 18.2 Å². The van der Waals surface area contributed by atoms with Gasteiger partial charge in [-0.3, -0.25) is 0 Å². The van der Waals surface area contributed by atoms with Crippen molar-refractivity contribution in [1.29, 1.82) is 0 Å². The van der Waals surface area contributed by atoms with Gasteiger partial charge in [0.05, 0.1) is 11.7 Å². The third-order valence-corrected chi connectivity index (χ3v) is 2.93. The molecule has 0 aliphatic carbocycles. The maximum atomic E-state index is 13.1. The number of carboxylic acid groups (broad SMARTS) is 1. The average Bonchev–Trinajstić information content (AvgIpc) is 2.42. The number of hydrogen-bond donors (Lipinski definition) is 1. The van der Waals surface area contributed by atoms with Crippen LogP contribution in [0.1, 0.15) is 37.8 Å². The molecule has 0 saturated heterocycles. The lowest BCUT2D eigenvalue weighted by atomic mass is 10.1. The van der Waals surface area contributed by atoms with Crippen molar-refractivity contribution >= 4 is 12.0 Å². The second-order valence-electron chi connectivity index (χ2n) is 4.48. The molecule has 0 fully saturated rings. The van der Waals surface area contributed by atoms with Gasteiger partial charge in [0.1, 0.15) is 5.75 Å². The van der Waals surface area contributed by atoms with Crippen LogP contribution in [0.5, 0.6) is 5.75 Å². The molecular formula is C15H17F3O3. The van der Waals surface area contributed by atoms with Crippen LogP contribution in [0.4, 0.5) is 13.2 Å². The van der Waals surface area contributed by atoms with Gasteiger partial charge in [0.25, 0.3) is 0 Å². The van der Waals surface area contributed by atoms with Crippen LogP contribution in [0, 0.1) is 0 Å². The van der Waals surface area contributed by atoms with Gasteiger partial charge in [-0.15, -0.1) is 0 Å². The molecule has 0 aromatic heterocycles. The first-order valence-electron chi connectivity index (χ1n) is 6.56. The highest BCUT2D eigenvalue weighted by Crippen LogP contribution is 2.37. The topological polar surface area (TPSA) is 46.5 Å². The van der Waals surface area contributed by atoms with Crippen LogP contribution >= 0.6 is 0 Å². The average molecular weight is 302 g/mol. The molecule has 1 aromatic carbocycles. The minimum Gasteiger partial charge on any atom is -0.490 e. The van der Waals surface area contributed by atoms with Gasteiger partial charge < -0.3 is 9.84 Å². The van der Waals surface area contributed by atoms with Crippen LogP contribution < -0.4 is 4.74 Å². The maximum Gasteiger partial charge on any atom is 0.419 e. The summed E-state index contributed by atoms with van der Waals surface area (Å²) >= 11 is 0. The summed E-state index contributed by atoms with van der Waals surface area (Å²) in [7, 11) is 0. The van der Waals surface area contributed by atoms with Gasteiger partial charge in [0.15, 0.2) is 0 Å². The van der Waals surface area contributed by atoms with Gasteiger partial charge in [-0.05, 0) is 36.6 Å². The van der Waals surface area contributed by atoms with Crippen molar-refractivity contribution < 1.29 is 27.8 Å². The van der Waals surface area contributed by atoms with Gasteiger partial charge in [0, 0.05) is 6.08 Å². The Morgan fingerprint density at radius 1 is 1.33 bits per heavy atom. The Bertz CT molecular complexity index is 517. The summed E-state index contributed by atoms with van der Waals surface area (Å²) in [5.74, 6) is -1.45.